The van der Waals surface area contributed by atoms with Gasteiger partial charge in [-0.2, -0.15) is 0 Å². The minimum atomic E-state index is -2.31. The van der Waals surface area contributed by atoms with Crippen molar-refractivity contribution >= 4 is 39.0 Å². The summed E-state index contributed by atoms with van der Waals surface area (Å²) in [5.74, 6) is -2.85. The second-order valence-electron chi connectivity index (χ2n) is 15.2. The van der Waals surface area contributed by atoms with Gasteiger partial charge in [-0.05, 0) is 72.2 Å². The molecule has 1 saturated heterocycles. The summed E-state index contributed by atoms with van der Waals surface area (Å²) < 4.78 is 12.4. The number of benzene rings is 2. The lowest BCUT2D eigenvalue weighted by Gasteiger charge is -2.57. The zero-order valence-corrected chi connectivity index (χ0v) is 32.4. The van der Waals surface area contributed by atoms with E-state index < -0.39 is 70.4 Å². The van der Waals surface area contributed by atoms with Gasteiger partial charge in [0.2, 0.25) is 6.29 Å². The number of anilines is 1. The lowest BCUT2D eigenvalue weighted by atomic mass is 9.57. The van der Waals surface area contributed by atoms with E-state index in [0.717, 1.165) is 11.1 Å². The highest BCUT2D eigenvalue weighted by Crippen LogP contribution is 2.58. The van der Waals surface area contributed by atoms with Crippen LogP contribution in [0.1, 0.15) is 50.2 Å². The van der Waals surface area contributed by atoms with E-state index in [2.05, 4.69) is 10.3 Å². The monoisotopic (exact) mass is 816 g/mol. The van der Waals surface area contributed by atoms with Crippen molar-refractivity contribution in [2.75, 3.05) is 24.4 Å². The minimum Gasteiger partial charge on any atom is -0.511 e. The summed E-state index contributed by atoms with van der Waals surface area (Å²) in [7, 11) is 2.67. The van der Waals surface area contributed by atoms with Crippen LogP contribution < -0.4 is 10.1 Å². The first-order chi connectivity index (χ1) is 27.5. The summed E-state index contributed by atoms with van der Waals surface area (Å²) in [5, 5.41) is 81.0. The molecule has 7 bridgehead atoms. The fourth-order valence-corrected chi connectivity index (χ4v) is 11.9. The number of nitrogens with one attached hydrogen (secondary N) is 1. The predicted molar refractivity (Wildman–Crippen MR) is 213 cm³/mol. The van der Waals surface area contributed by atoms with Crippen LogP contribution in [0.4, 0.5) is 5.82 Å². The van der Waals surface area contributed by atoms with E-state index in [9.17, 15) is 40.5 Å². The topological polar surface area (TPSA) is 219 Å². The third kappa shape index (κ3) is 6.53. The van der Waals surface area contributed by atoms with Gasteiger partial charge < -0.3 is 50.5 Å². The number of rotatable bonds is 7. The molecule has 3 aromatic rings. The van der Waals surface area contributed by atoms with Crippen LogP contribution in [0.3, 0.4) is 0 Å². The molecule has 9 atom stereocenters. The fraction of sp³-hybridized carbons (Fsp3) is 0.405. The van der Waals surface area contributed by atoms with Crippen molar-refractivity contribution in [3.63, 3.8) is 0 Å². The molecular weight excluding hydrogens is 773 g/mol. The zero-order valence-electron chi connectivity index (χ0n) is 30.7. The van der Waals surface area contributed by atoms with E-state index in [1.165, 1.54) is 51.9 Å². The van der Waals surface area contributed by atoms with Gasteiger partial charge in [-0.3, -0.25) is 9.59 Å². The number of aromatic nitrogens is 1. The van der Waals surface area contributed by atoms with Crippen molar-refractivity contribution in [3.8, 4) is 5.75 Å². The van der Waals surface area contributed by atoms with Gasteiger partial charge in [0.05, 0.1) is 30.6 Å². The highest BCUT2D eigenvalue weighted by molar-refractivity contribution is 8.77. The average Bonchev–Trinajstić information content (AvgIpc) is 3.21. The van der Waals surface area contributed by atoms with Gasteiger partial charge in [0, 0.05) is 29.5 Å². The first kappa shape index (κ1) is 39.8. The van der Waals surface area contributed by atoms with Crippen LogP contribution >= 0.6 is 21.6 Å². The zero-order chi connectivity index (χ0) is 40.1. The number of aliphatic hydroxyl groups excluding tert-OH is 6. The van der Waals surface area contributed by atoms with E-state index in [1.54, 1.807) is 36.5 Å². The van der Waals surface area contributed by atoms with Crippen molar-refractivity contribution in [1.29, 1.82) is 0 Å². The molecule has 2 aliphatic heterocycles. The summed E-state index contributed by atoms with van der Waals surface area (Å²) in [6, 6.07) is 15.3. The van der Waals surface area contributed by atoms with Gasteiger partial charge in [0.1, 0.15) is 46.2 Å². The number of Topliss-reactive ketones (excluding diaryl/α,β-unsaturated/α-hetero) is 2. The number of aliphatic hydroxyl groups is 7. The molecule has 0 radical (unpaired) electrons. The Bertz CT molecular complexity index is 2160. The molecule has 3 heterocycles. The highest BCUT2D eigenvalue weighted by Gasteiger charge is 2.67. The van der Waals surface area contributed by atoms with Gasteiger partial charge >= 0.3 is 0 Å². The number of ether oxygens (including phenoxy) is 2. The van der Waals surface area contributed by atoms with Crippen LogP contribution in [-0.2, 0) is 24.2 Å². The molecule has 13 nitrogen and oxygen atoms in total. The number of carbonyl (C=O) groups excluding carboxylic acids is 2. The number of carbonyl (C=O) groups is 2. The Hall–Kier alpha value is -4.03. The number of hydrogen-bond acceptors (Lipinski definition) is 15. The van der Waals surface area contributed by atoms with Gasteiger partial charge in [0.25, 0.3) is 0 Å². The van der Waals surface area contributed by atoms with Crippen molar-refractivity contribution in [2.45, 2.75) is 67.2 Å². The molecule has 0 unspecified atom stereocenters. The number of hydrogen-bond donors (Lipinski definition) is 8. The molecule has 0 saturated carbocycles. The van der Waals surface area contributed by atoms with Crippen LogP contribution in [0.2, 0.25) is 0 Å². The molecule has 0 amide bonds. The molecule has 1 aromatic heterocycles. The predicted octanol–water partition coefficient (Wildman–Crippen LogP) is 3.43. The number of pyridine rings is 1. The standard InChI is InChI=1S/C42H44N2O11S2/c45-13-3-8-32-41-29(17-26(18-31(41)48)15-23-4-1-5-25(14-23)20-46)35(49)28-6-2-7-30(34(28)36(41)50)54-38-37(51)42(53)27(9-11-40(21-47,55-38)39(42)52)16-24-10-12-43-33(19-24)44-22-56-57-32/h1-2,4-7,9-12,14,17-19,27,29,32,37-39,45-48,51-53H,3,8,13,15-16,20-22H2,(H,43,44)/t27-,29+,32+,37-,38+,39+,40+,41-,42+/m0/s1. The molecule has 3 aliphatic carbocycles. The van der Waals surface area contributed by atoms with Crippen molar-refractivity contribution in [2.24, 2.45) is 17.3 Å². The van der Waals surface area contributed by atoms with E-state index in [0.29, 0.717) is 29.3 Å². The maximum atomic E-state index is 15.5. The molecule has 1 fully saturated rings. The average molecular weight is 817 g/mol. The first-order valence-electron chi connectivity index (χ1n) is 18.8. The van der Waals surface area contributed by atoms with Gasteiger partial charge in [-0.25, -0.2) is 4.98 Å². The van der Waals surface area contributed by atoms with Crippen LogP contribution in [0.15, 0.2) is 96.4 Å². The molecular formula is C42H44N2O11S2. The molecule has 57 heavy (non-hydrogen) atoms. The van der Waals surface area contributed by atoms with Crippen LogP contribution in [0.5, 0.6) is 5.75 Å². The van der Waals surface area contributed by atoms with E-state index in [4.69, 9.17) is 9.47 Å². The van der Waals surface area contributed by atoms with E-state index in [1.807, 2.05) is 18.2 Å². The molecule has 8 N–H and O–H groups in total. The summed E-state index contributed by atoms with van der Waals surface area (Å²) in [5.41, 5.74) is -3.37. The highest BCUT2D eigenvalue weighted by atomic mass is 33.1. The van der Waals surface area contributed by atoms with Crippen molar-refractivity contribution in [3.05, 3.63) is 124 Å². The molecule has 15 heteroatoms. The maximum absolute atomic E-state index is 15.5. The fourth-order valence-electron chi connectivity index (χ4n) is 9.05. The number of allylic oxidation sites excluding steroid dienone is 4. The number of nitrogens with zero attached hydrogens (tertiary/aromatic N) is 1. The van der Waals surface area contributed by atoms with Gasteiger partial charge in [-0.1, -0.05) is 76.2 Å². The van der Waals surface area contributed by atoms with Gasteiger partial charge in [-0.15, -0.1) is 0 Å². The Morgan fingerprint density at radius 3 is 2.61 bits per heavy atom. The van der Waals surface area contributed by atoms with E-state index >= 15 is 4.79 Å². The lowest BCUT2D eigenvalue weighted by molar-refractivity contribution is -0.349. The molecule has 2 aromatic carbocycles. The Kier molecular flexibility index (Phi) is 10.9. The molecule has 8 rings (SSSR count). The summed E-state index contributed by atoms with van der Waals surface area (Å²) >= 11 is 0. The van der Waals surface area contributed by atoms with Crippen LogP contribution in [-0.4, -0.2) is 106 Å². The molecule has 300 valence electrons. The minimum absolute atomic E-state index is 0.0174. The summed E-state index contributed by atoms with van der Waals surface area (Å²) in [4.78, 5) is 34.9. The van der Waals surface area contributed by atoms with E-state index in [-0.39, 0.29) is 55.1 Å². The van der Waals surface area contributed by atoms with Crippen LogP contribution in [0.25, 0.3) is 0 Å². The Morgan fingerprint density at radius 2 is 1.82 bits per heavy atom. The smallest absolute Gasteiger partial charge is 0.230 e. The third-order valence-electron chi connectivity index (χ3n) is 11.9. The lowest BCUT2D eigenvalue weighted by Crippen LogP contribution is -2.76. The second-order valence-corrected chi connectivity index (χ2v) is 17.8. The first-order valence-corrected chi connectivity index (χ1v) is 21.2. The Labute approximate surface area is 336 Å². The largest absolute Gasteiger partial charge is 0.511 e. The second kappa shape index (κ2) is 15.6. The SMILES string of the molecule is O=C1c2cccc3c2C(=O)[C@@]2(C(O)=CC(Cc4cccc(CO)c4)=C[C@H]12)[C@@H](CCCO)SSCNc1cc(ccn1)C[C@@H]1C=C[C@]2(CO)O[C@@H](O3)[C@H](O)[C@@]1(O)[C@@H]2O. The maximum Gasteiger partial charge on any atom is 0.230 e. The molecule has 5 aliphatic rings. The third-order valence-corrected chi connectivity index (χ3v) is 14.6. The summed E-state index contributed by atoms with van der Waals surface area (Å²) in [6.45, 7) is -1.15. The van der Waals surface area contributed by atoms with Crippen molar-refractivity contribution in [1.82, 2.24) is 4.98 Å². The quantitative estimate of drug-likeness (QED) is 0.127. The van der Waals surface area contributed by atoms with Gasteiger partial charge in [0.15, 0.2) is 11.6 Å². The normalized spacial score (nSPS) is 33.2. The van der Waals surface area contributed by atoms with Crippen LogP contribution in [0, 0.1) is 17.3 Å². The summed E-state index contributed by atoms with van der Waals surface area (Å²) in [6.07, 6.45) is 3.35. The van der Waals surface area contributed by atoms with Crippen molar-refractivity contribution < 1.29 is 54.8 Å². The number of ketones is 2. The Morgan fingerprint density at radius 1 is 1.02 bits per heavy atom. The number of fused-ring (bicyclic) bond motifs is 4. The molecule has 1 spiro atoms. The Balaban J connectivity index is 1.29.